The topological polar surface area (TPSA) is 72.5 Å². The van der Waals surface area contributed by atoms with Gasteiger partial charge >= 0.3 is 5.97 Å². The van der Waals surface area contributed by atoms with Crippen LogP contribution in [0.25, 0.3) is 0 Å². The van der Waals surface area contributed by atoms with Gasteiger partial charge in [-0.15, -0.1) is 0 Å². The average molecular weight is 319 g/mol. The number of benzene rings is 2. The van der Waals surface area contributed by atoms with Gasteiger partial charge in [0.05, 0.1) is 4.90 Å². The first-order valence-corrected chi connectivity index (χ1v) is 8.19. The number of sulfonamides is 1. The summed E-state index contributed by atoms with van der Waals surface area (Å²) in [6.07, 6.45) is 0. The standard InChI is InChI=1S/C16H17NO4S/c1-12-6-8-14(9-7-12)21-16(18)11-17-22(19,20)15-5-3-4-13(2)10-15/h3-10,17H,11H2,1-2H3. The van der Waals surface area contributed by atoms with Crippen LogP contribution in [0.2, 0.25) is 0 Å². The van der Waals surface area contributed by atoms with Crippen molar-refractivity contribution in [3.05, 3.63) is 59.7 Å². The van der Waals surface area contributed by atoms with Crippen LogP contribution < -0.4 is 9.46 Å². The first-order valence-electron chi connectivity index (χ1n) is 6.70. The molecule has 116 valence electrons. The summed E-state index contributed by atoms with van der Waals surface area (Å²) in [5, 5.41) is 0. The molecule has 22 heavy (non-hydrogen) atoms. The highest BCUT2D eigenvalue weighted by molar-refractivity contribution is 7.89. The highest BCUT2D eigenvalue weighted by atomic mass is 32.2. The van der Waals surface area contributed by atoms with E-state index in [0.717, 1.165) is 11.1 Å². The SMILES string of the molecule is Cc1ccc(OC(=O)CNS(=O)(=O)c2cccc(C)c2)cc1. The molecule has 6 heteroatoms. The highest BCUT2D eigenvalue weighted by Gasteiger charge is 2.16. The van der Waals surface area contributed by atoms with Crippen LogP contribution in [0.4, 0.5) is 0 Å². The van der Waals surface area contributed by atoms with Crippen LogP contribution in [0.5, 0.6) is 5.75 Å². The molecule has 2 aromatic rings. The predicted octanol–water partition coefficient (Wildman–Crippen LogP) is 2.19. The van der Waals surface area contributed by atoms with Gasteiger partial charge in [0.2, 0.25) is 10.0 Å². The van der Waals surface area contributed by atoms with E-state index in [2.05, 4.69) is 4.72 Å². The molecule has 0 aliphatic carbocycles. The second kappa shape index (κ2) is 6.72. The minimum atomic E-state index is -3.73. The van der Waals surface area contributed by atoms with Crippen molar-refractivity contribution in [2.24, 2.45) is 0 Å². The van der Waals surface area contributed by atoms with E-state index in [1.165, 1.54) is 12.1 Å². The molecule has 0 heterocycles. The Morgan fingerprint density at radius 1 is 1.05 bits per heavy atom. The molecule has 0 spiro atoms. The fourth-order valence-corrected chi connectivity index (χ4v) is 2.87. The van der Waals surface area contributed by atoms with E-state index in [1.807, 2.05) is 6.92 Å². The maximum Gasteiger partial charge on any atom is 0.326 e. The Kier molecular flexibility index (Phi) is 4.95. The molecule has 0 fully saturated rings. The highest BCUT2D eigenvalue weighted by Crippen LogP contribution is 2.12. The first-order chi connectivity index (χ1) is 10.4. The molecule has 0 aromatic heterocycles. The Hall–Kier alpha value is -2.18. The van der Waals surface area contributed by atoms with Crippen molar-refractivity contribution in [2.45, 2.75) is 18.7 Å². The summed E-state index contributed by atoms with van der Waals surface area (Å²) in [6, 6.07) is 13.4. The number of carbonyl (C=O) groups excluding carboxylic acids is 1. The number of aryl methyl sites for hydroxylation is 2. The summed E-state index contributed by atoms with van der Waals surface area (Å²) in [4.78, 5) is 11.8. The summed E-state index contributed by atoms with van der Waals surface area (Å²) in [6.45, 7) is 3.29. The second-order valence-electron chi connectivity index (χ2n) is 4.93. The summed E-state index contributed by atoms with van der Waals surface area (Å²) in [7, 11) is -3.73. The molecule has 0 saturated heterocycles. The van der Waals surface area contributed by atoms with E-state index >= 15 is 0 Å². The van der Waals surface area contributed by atoms with Gasteiger partial charge in [-0.05, 0) is 43.7 Å². The molecule has 0 aliphatic rings. The first kappa shape index (κ1) is 16.2. The zero-order valence-corrected chi connectivity index (χ0v) is 13.2. The number of hydrogen-bond donors (Lipinski definition) is 1. The molecular weight excluding hydrogens is 302 g/mol. The molecule has 1 N–H and O–H groups in total. The van der Waals surface area contributed by atoms with Crippen LogP contribution in [-0.2, 0) is 14.8 Å². The lowest BCUT2D eigenvalue weighted by Gasteiger charge is -2.08. The quantitative estimate of drug-likeness (QED) is 0.677. The van der Waals surface area contributed by atoms with Crippen LogP contribution in [0, 0.1) is 13.8 Å². The summed E-state index contributed by atoms with van der Waals surface area (Å²) in [5.74, 6) is -0.287. The molecular formula is C16H17NO4S. The number of esters is 1. The minimum Gasteiger partial charge on any atom is -0.426 e. The van der Waals surface area contributed by atoms with Crippen LogP contribution >= 0.6 is 0 Å². The van der Waals surface area contributed by atoms with E-state index in [-0.39, 0.29) is 4.90 Å². The van der Waals surface area contributed by atoms with Crippen LogP contribution in [-0.4, -0.2) is 20.9 Å². The minimum absolute atomic E-state index is 0.121. The lowest BCUT2D eigenvalue weighted by atomic mass is 10.2. The molecule has 0 unspecified atom stereocenters. The number of hydrogen-bond acceptors (Lipinski definition) is 4. The maximum atomic E-state index is 12.1. The van der Waals surface area contributed by atoms with E-state index in [4.69, 9.17) is 4.74 Å². The Balaban J connectivity index is 1.97. The molecule has 5 nitrogen and oxygen atoms in total. The van der Waals surface area contributed by atoms with Gasteiger partial charge in [0.1, 0.15) is 12.3 Å². The zero-order chi connectivity index (χ0) is 16.2. The molecule has 2 aromatic carbocycles. The van der Waals surface area contributed by atoms with Crippen LogP contribution in [0.15, 0.2) is 53.4 Å². The Bertz CT molecular complexity index is 767. The van der Waals surface area contributed by atoms with Gasteiger partial charge in [-0.25, -0.2) is 8.42 Å². The zero-order valence-electron chi connectivity index (χ0n) is 12.4. The number of nitrogens with one attached hydrogen (secondary N) is 1. The fraction of sp³-hybridized carbons (Fsp3) is 0.188. The summed E-state index contributed by atoms with van der Waals surface area (Å²) < 4.78 is 31.4. The summed E-state index contributed by atoms with van der Waals surface area (Å²) in [5.41, 5.74) is 1.87. The third kappa shape index (κ3) is 4.41. The van der Waals surface area contributed by atoms with Gasteiger partial charge in [0, 0.05) is 0 Å². The Labute approximate surface area is 130 Å². The lowest BCUT2D eigenvalue weighted by Crippen LogP contribution is -2.32. The van der Waals surface area contributed by atoms with E-state index < -0.39 is 22.5 Å². The van der Waals surface area contributed by atoms with Gasteiger partial charge in [-0.1, -0.05) is 29.8 Å². The van der Waals surface area contributed by atoms with Crippen LogP contribution in [0.1, 0.15) is 11.1 Å². The predicted molar refractivity (Wildman–Crippen MR) is 83.2 cm³/mol. The molecule has 0 bridgehead atoms. The third-order valence-electron chi connectivity index (χ3n) is 2.96. The number of rotatable bonds is 5. The smallest absolute Gasteiger partial charge is 0.326 e. The van der Waals surface area contributed by atoms with Gasteiger partial charge in [0.25, 0.3) is 0 Å². The van der Waals surface area contributed by atoms with Crippen molar-refractivity contribution < 1.29 is 17.9 Å². The average Bonchev–Trinajstić information content (AvgIpc) is 2.48. The molecule has 2 rings (SSSR count). The van der Waals surface area contributed by atoms with Gasteiger partial charge in [-0.3, -0.25) is 4.79 Å². The van der Waals surface area contributed by atoms with Gasteiger partial charge in [-0.2, -0.15) is 4.72 Å². The van der Waals surface area contributed by atoms with Gasteiger partial charge in [0.15, 0.2) is 0 Å². The normalized spacial score (nSPS) is 11.2. The van der Waals surface area contributed by atoms with Crippen molar-refractivity contribution in [1.82, 2.24) is 4.72 Å². The fourth-order valence-electron chi connectivity index (χ4n) is 1.79. The van der Waals surface area contributed by atoms with Crippen molar-refractivity contribution in [2.75, 3.05) is 6.54 Å². The number of carbonyl (C=O) groups is 1. The van der Waals surface area contributed by atoms with Crippen LogP contribution in [0.3, 0.4) is 0 Å². The van der Waals surface area contributed by atoms with E-state index in [1.54, 1.807) is 43.3 Å². The monoisotopic (exact) mass is 319 g/mol. The number of ether oxygens (including phenoxy) is 1. The van der Waals surface area contributed by atoms with Crippen molar-refractivity contribution in [1.29, 1.82) is 0 Å². The maximum absolute atomic E-state index is 12.1. The Morgan fingerprint density at radius 3 is 2.36 bits per heavy atom. The molecule has 0 radical (unpaired) electrons. The van der Waals surface area contributed by atoms with E-state index in [9.17, 15) is 13.2 Å². The summed E-state index contributed by atoms with van der Waals surface area (Å²) >= 11 is 0. The van der Waals surface area contributed by atoms with Crippen molar-refractivity contribution in [3.63, 3.8) is 0 Å². The molecule has 0 atom stereocenters. The van der Waals surface area contributed by atoms with E-state index in [0.29, 0.717) is 5.75 Å². The van der Waals surface area contributed by atoms with Gasteiger partial charge < -0.3 is 4.74 Å². The molecule has 0 aliphatic heterocycles. The second-order valence-corrected chi connectivity index (χ2v) is 6.70. The molecule has 0 amide bonds. The van der Waals surface area contributed by atoms with Crippen molar-refractivity contribution in [3.8, 4) is 5.75 Å². The van der Waals surface area contributed by atoms with Crippen molar-refractivity contribution >= 4 is 16.0 Å². The largest absolute Gasteiger partial charge is 0.426 e. The third-order valence-corrected chi connectivity index (χ3v) is 4.36. The Morgan fingerprint density at radius 2 is 1.73 bits per heavy atom. The molecule has 0 saturated carbocycles. The lowest BCUT2D eigenvalue weighted by molar-refractivity contribution is -0.133.